The fraction of sp³-hybridized carbons (Fsp3) is 0.533. The Morgan fingerprint density at radius 3 is 2.75 bits per heavy atom. The summed E-state index contributed by atoms with van der Waals surface area (Å²) in [5, 5.41) is 5.22. The van der Waals surface area contributed by atoms with Gasteiger partial charge in [0.2, 0.25) is 10.0 Å². The summed E-state index contributed by atoms with van der Waals surface area (Å²) in [7, 11) is -3.92. The lowest BCUT2D eigenvalue weighted by Crippen LogP contribution is -2.33. The number of urea groups is 1. The zero-order chi connectivity index (χ0) is 17.2. The number of amides is 2. The van der Waals surface area contributed by atoms with Crippen molar-refractivity contribution >= 4 is 21.7 Å². The average Bonchev–Trinajstić information content (AvgIpc) is 3.17. The number of rotatable bonds is 6. The first-order valence-electron chi connectivity index (χ1n) is 7.88. The van der Waals surface area contributed by atoms with E-state index in [-0.39, 0.29) is 17.6 Å². The largest absolute Gasteiger partial charge is 0.381 e. The van der Waals surface area contributed by atoms with E-state index in [9.17, 15) is 17.6 Å². The van der Waals surface area contributed by atoms with Crippen LogP contribution in [0.4, 0.5) is 14.9 Å². The molecule has 1 saturated carbocycles. The molecule has 2 amide bonds. The lowest BCUT2D eigenvalue weighted by molar-refractivity contribution is 0.185. The monoisotopic (exact) mass is 357 g/mol. The number of sulfonamides is 1. The van der Waals surface area contributed by atoms with Crippen LogP contribution in [0.2, 0.25) is 0 Å². The molecule has 24 heavy (non-hydrogen) atoms. The number of nitrogens with one attached hydrogen (secondary N) is 3. The van der Waals surface area contributed by atoms with E-state index in [0.717, 1.165) is 31.4 Å². The molecular formula is C15H20FN3O4S. The van der Waals surface area contributed by atoms with Gasteiger partial charge in [-0.1, -0.05) is 0 Å². The van der Waals surface area contributed by atoms with Gasteiger partial charge < -0.3 is 15.4 Å². The van der Waals surface area contributed by atoms with Crippen molar-refractivity contribution in [3.63, 3.8) is 0 Å². The highest BCUT2D eigenvalue weighted by atomic mass is 32.2. The number of benzene rings is 1. The van der Waals surface area contributed by atoms with Gasteiger partial charge in [0, 0.05) is 30.8 Å². The number of carbonyl (C=O) groups excluding carboxylic acids is 1. The van der Waals surface area contributed by atoms with Crippen LogP contribution in [0.25, 0.3) is 0 Å². The fourth-order valence-corrected chi connectivity index (χ4v) is 3.84. The van der Waals surface area contributed by atoms with Crippen LogP contribution in [0.1, 0.15) is 19.3 Å². The van der Waals surface area contributed by atoms with E-state index >= 15 is 0 Å². The zero-order valence-electron chi connectivity index (χ0n) is 13.0. The molecule has 0 radical (unpaired) electrons. The molecule has 1 atom stereocenters. The standard InChI is InChI=1S/C15H20FN3O4S/c16-13-4-3-12(7-14(13)24(21,22)19-11-1-2-11)18-15(20)17-8-10-5-6-23-9-10/h3-4,7,10-11,19H,1-2,5-6,8-9H2,(H2,17,18,20)/t10-/m0/s1. The topological polar surface area (TPSA) is 96.5 Å². The van der Waals surface area contributed by atoms with Crippen LogP contribution >= 0.6 is 0 Å². The van der Waals surface area contributed by atoms with Crippen LogP contribution < -0.4 is 15.4 Å². The number of carbonyl (C=O) groups is 1. The van der Waals surface area contributed by atoms with Crippen molar-refractivity contribution in [1.82, 2.24) is 10.0 Å². The predicted octanol–water partition coefficient (Wildman–Crippen LogP) is 1.42. The van der Waals surface area contributed by atoms with E-state index < -0.39 is 26.8 Å². The lowest BCUT2D eigenvalue weighted by atomic mass is 10.1. The van der Waals surface area contributed by atoms with Gasteiger partial charge in [-0.05, 0) is 37.5 Å². The van der Waals surface area contributed by atoms with Crippen LogP contribution in [0.15, 0.2) is 23.1 Å². The van der Waals surface area contributed by atoms with Gasteiger partial charge in [0.15, 0.2) is 0 Å². The summed E-state index contributed by atoms with van der Waals surface area (Å²) < 4.78 is 45.8. The highest BCUT2D eigenvalue weighted by Gasteiger charge is 2.30. The van der Waals surface area contributed by atoms with Crippen LogP contribution in [0, 0.1) is 11.7 Å². The lowest BCUT2D eigenvalue weighted by Gasteiger charge is -2.12. The molecule has 1 heterocycles. The minimum absolute atomic E-state index is 0.122. The van der Waals surface area contributed by atoms with Crippen molar-refractivity contribution < 1.29 is 22.3 Å². The van der Waals surface area contributed by atoms with Gasteiger partial charge in [-0.15, -0.1) is 0 Å². The molecule has 0 unspecified atom stereocenters. The van der Waals surface area contributed by atoms with Crippen molar-refractivity contribution in [2.24, 2.45) is 5.92 Å². The van der Waals surface area contributed by atoms with Crippen molar-refractivity contribution in [2.45, 2.75) is 30.2 Å². The van der Waals surface area contributed by atoms with Crippen LogP contribution in [0.5, 0.6) is 0 Å². The highest BCUT2D eigenvalue weighted by Crippen LogP contribution is 2.25. The smallest absolute Gasteiger partial charge is 0.319 e. The van der Waals surface area contributed by atoms with Gasteiger partial charge in [0.05, 0.1) is 6.61 Å². The van der Waals surface area contributed by atoms with E-state index in [4.69, 9.17) is 4.74 Å². The second-order valence-electron chi connectivity index (χ2n) is 6.11. The summed E-state index contributed by atoms with van der Waals surface area (Å²) >= 11 is 0. The number of anilines is 1. The van der Waals surface area contributed by atoms with E-state index in [1.807, 2.05) is 0 Å². The highest BCUT2D eigenvalue weighted by molar-refractivity contribution is 7.89. The Bertz CT molecular complexity index is 715. The number of hydrogen-bond acceptors (Lipinski definition) is 4. The third-order valence-corrected chi connectivity index (χ3v) is 5.49. The van der Waals surface area contributed by atoms with E-state index in [1.165, 1.54) is 6.07 Å². The molecule has 3 rings (SSSR count). The first kappa shape index (κ1) is 17.1. The molecule has 3 N–H and O–H groups in total. The third-order valence-electron chi connectivity index (χ3n) is 3.95. The van der Waals surface area contributed by atoms with Crippen LogP contribution in [0.3, 0.4) is 0 Å². The van der Waals surface area contributed by atoms with Gasteiger partial charge in [-0.25, -0.2) is 22.3 Å². The normalized spacial score (nSPS) is 20.8. The molecule has 7 nitrogen and oxygen atoms in total. The molecule has 1 saturated heterocycles. The van der Waals surface area contributed by atoms with Crippen LogP contribution in [-0.4, -0.2) is 40.2 Å². The van der Waals surface area contributed by atoms with Crippen molar-refractivity contribution in [3.8, 4) is 0 Å². The van der Waals surface area contributed by atoms with E-state index in [2.05, 4.69) is 15.4 Å². The maximum atomic E-state index is 13.9. The number of hydrogen-bond donors (Lipinski definition) is 3. The molecule has 1 aromatic carbocycles. The summed E-state index contributed by atoms with van der Waals surface area (Å²) in [5.74, 6) is -0.570. The van der Waals surface area contributed by atoms with E-state index in [0.29, 0.717) is 19.8 Å². The number of ether oxygens (including phenoxy) is 1. The number of halogens is 1. The summed E-state index contributed by atoms with van der Waals surface area (Å²) in [5.41, 5.74) is 0.216. The summed E-state index contributed by atoms with van der Waals surface area (Å²) in [4.78, 5) is 11.4. The van der Waals surface area contributed by atoms with Gasteiger partial charge in [0.25, 0.3) is 0 Å². The van der Waals surface area contributed by atoms with Crippen molar-refractivity contribution in [2.75, 3.05) is 25.1 Å². The quantitative estimate of drug-likeness (QED) is 0.717. The van der Waals surface area contributed by atoms with Gasteiger partial charge in [0.1, 0.15) is 10.7 Å². The molecule has 0 spiro atoms. The maximum absolute atomic E-state index is 13.9. The first-order chi connectivity index (χ1) is 11.4. The Hall–Kier alpha value is -1.71. The zero-order valence-corrected chi connectivity index (χ0v) is 13.9. The summed E-state index contributed by atoms with van der Waals surface area (Å²) in [6.45, 7) is 1.79. The summed E-state index contributed by atoms with van der Waals surface area (Å²) in [6.07, 6.45) is 2.41. The SMILES string of the molecule is O=C(NC[C@@H]1CCOC1)Nc1ccc(F)c(S(=O)(=O)NC2CC2)c1. The van der Waals surface area contributed by atoms with Crippen LogP contribution in [-0.2, 0) is 14.8 Å². The van der Waals surface area contributed by atoms with Gasteiger partial charge >= 0.3 is 6.03 Å². The Morgan fingerprint density at radius 2 is 2.08 bits per heavy atom. The van der Waals surface area contributed by atoms with Gasteiger partial charge in [-0.3, -0.25) is 0 Å². The van der Waals surface area contributed by atoms with E-state index in [1.54, 1.807) is 0 Å². The molecule has 1 aliphatic heterocycles. The predicted molar refractivity (Wildman–Crippen MR) is 85.7 cm³/mol. The second-order valence-corrected chi connectivity index (χ2v) is 7.79. The molecule has 2 aliphatic rings. The molecule has 2 fully saturated rings. The van der Waals surface area contributed by atoms with Gasteiger partial charge in [-0.2, -0.15) is 0 Å². The molecule has 0 aromatic heterocycles. The second kappa shape index (κ2) is 7.04. The Balaban J connectivity index is 1.63. The first-order valence-corrected chi connectivity index (χ1v) is 9.37. The summed E-state index contributed by atoms with van der Waals surface area (Å²) in [6, 6.07) is 2.89. The Labute approximate surface area is 140 Å². The minimum atomic E-state index is -3.92. The molecule has 1 aliphatic carbocycles. The molecule has 0 bridgehead atoms. The Kier molecular flexibility index (Phi) is 5.02. The Morgan fingerprint density at radius 1 is 1.29 bits per heavy atom. The molecule has 132 valence electrons. The molecule has 1 aromatic rings. The molecule has 9 heteroatoms. The van der Waals surface area contributed by atoms with Crippen molar-refractivity contribution in [1.29, 1.82) is 0 Å². The fourth-order valence-electron chi connectivity index (χ4n) is 2.43. The maximum Gasteiger partial charge on any atom is 0.319 e. The molecular weight excluding hydrogens is 337 g/mol. The minimum Gasteiger partial charge on any atom is -0.381 e. The average molecular weight is 357 g/mol. The van der Waals surface area contributed by atoms with Crippen molar-refractivity contribution in [3.05, 3.63) is 24.0 Å². The third kappa shape index (κ3) is 4.43.